The van der Waals surface area contributed by atoms with Crippen molar-refractivity contribution in [3.63, 3.8) is 0 Å². The number of carboxylic acids is 1. The van der Waals surface area contributed by atoms with Crippen LogP contribution in [0.5, 0.6) is 0 Å². The monoisotopic (exact) mass is 242 g/mol. The third kappa shape index (κ3) is 4.16. The lowest BCUT2D eigenvalue weighted by atomic mass is 10.2. The molecule has 96 valence electrons. The Morgan fingerprint density at radius 2 is 2.12 bits per heavy atom. The summed E-state index contributed by atoms with van der Waals surface area (Å²) < 4.78 is 5.04. The number of aliphatic hydroxyl groups is 1. The van der Waals surface area contributed by atoms with Gasteiger partial charge in [-0.2, -0.15) is 0 Å². The van der Waals surface area contributed by atoms with Crippen molar-refractivity contribution in [2.45, 2.75) is 26.8 Å². The molecule has 0 bridgehead atoms. The van der Waals surface area contributed by atoms with Gasteiger partial charge < -0.3 is 14.7 Å². The van der Waals surface area contributed by atoms with E-state index in [9.17, 15) is 4.79 Å². The van der Waals surface area contributed by atoms with Crippen molar-refractivity contribution in [3.05, 3.63) is 17.0 Å². The zero-order chi connectivity index (χ0) is 12.8. The number of nitrogens with zero attached hydrogens (tertiary/aromatic N) is 2. The minimum absolute atomic E-state index is 0.00297. The maximum atomic E-state index is 10.5. The zero-order valence-electron chi connectivity index (χ0n) is 10.1. The van der Waals surface area contributed by atoms with Gasteiger partial charge >= 0.3 is 5.97 Å². The fourth-order valence-electron chi connectivity index (χ4n) is 1.62. The van der Waals surface area contributed by atoms with Crippen molar-refractivity contribution in [2.75, 3.05) is 19.7 Å². The van der Waals surface area contributed by atoms with Crippen LogP contribution in [0.3, 0.4) is 0 Å². The van der Waals surface area contributed by atoms with Crippen LogP contribution in [0.25, 0.3) is 0 Å². The predicted molar refractivity (Wildman–Crippen MR) is 60.6 cm³/mol. The zero-order valence-corrected chi connectivity index (χ0v) is 10.1. The average Bonchev–Trinajstić information content (AvgIpc) is 2.57. The van der Waals surface area contributed by atoms with Crippen LogP contribution in [0.2, 0.25) is 0 Å². The Morgan fingerprint density at radius 1 is 1.41 bits per heavy atom. The fraction of sp³-hybridized carbons (Fsp3) is 0.636. The van der Waals surface area contributed by atoms with Gasteiger partial charge in [-0.3, -0.25) is 9.69 Å². The summed E-state index contributed by atoms with van der Waals surface area (Å²) in [5.41, 5.74) is 1.77. The highest BCUT2D eigenvalue weighted by atomic mass is 16.5. The van der Waals surface area contributed by atoms with E-state index < -0.39 is 5.97 Å². The minimum atomic E-state index is -0.841. The molecule has 0 spiro atoms. The maximum absolute atomic E-state index is 10.5. The number of carboxylic acid groups (broad SMARTS) is 1. The summed E-state index contributed by atoms with van der Waals surface area (Å²) in [5.74, 6) is -0.104. The number of aromatic nitrogens is 1. The van der Waals surface area contributed by atoms with Crippen LogP contribution in [0, 0.1) is 13.8 Å². The Labute approximate surface area is 99.8 Å². The first kappa shape index (κ1) is 13.7. The first-order valence-electron chi connectivity index (χ1n) is 5.51. The number of aryl methyl sites for hydroxylation is 2. The molecule has 2 N–H and O–H groups in total. The summed E-state index contributed by atoms with van der Waals surface area (Å²) in [7, 11) is 0. The molecule has 0 radical (unpaired) electrons. The van der Waals surface area contributed by atoms with Gasteiger partial charge in [0.25, 0.3) is 0 Å². The molecule has 0 aliphatic carbocycles. The van der Waals surface area contributed by atoms with Gasteiger partial charge in [-0.1, -0.05) is 5.16 Å². The highest BCUT2D eigenvalue weighted by molar-refractivity contribution is 5.66. The molecule has 0 unspecified atom stereocenters. The Balaban J connectivity index is 2.62. The number of rotatable bonds is 7. The third-order valence-electron chi connectivity index (χ3n) is 2.62. The maximum Gasteiger partial charge on any atom is 0.304 e. The minimum Gasteiger partial charge on any atom is -0.481 e. The normalized spacial score (nSPS) is 11.1. The van der Waals surface area contributed by atoms with Gasteiger partial charge in [0, 0.05) is 25.2 Å². The fourth-order valence-corrected chi connectivity index (χ4v) is 1.62. The largest absolute Gasteiger partial charge is 0.481 e. The molecule has 0 fully saturated rings. The highest BCUT2D eigenvalue weighted by Crippen LogP contribution is 2.14. The van der Waals surface area contributed by atoms with Crippen LogP contribution < -0.4 is 0 Å². The van der Waals surface area contributed by atoms with Crippen molar-refractivity contribution >= 4 is 5.97 Å². The summed E-state index contributed by atoms with van der Waals surface area (Å²) >= 11 is 0. The van der Waals surface area contributed by atoms with Gasteiger partial charge in [0.1, 0.15) is 5.76 Å². The van der Waals surface area contributed by atoms with Crippen LogP contribution in [-0.2, 0) is 11.3 Å². The molecule has 6 nitrogen and oxygen atoms in total. The van der Waals surface area contributed by atoms with E-state index in [0.717, 1.165) is 17.0 Å². The van der Waals surface area contributed by atoms with E-state index >= 15 is 0 Å². The topological polar surface area (TPSA) is 86.8 Å². The van der Waals surface area contributed by atoms with Crippen LogP contribution in [0.1, 0.15) is 23.4 Å². The molecule has 1 heterocycles. The summed E-state index contributed by atoms with van der Waals surface area (Å²) in [5, 5.41) is 21.4. The summed E-state index contributed by atoms with van der Waals surface area (Å²) in [6.45, 7) is 5.07. The summed E-state index contributed by atoms with van der Waals surface area (Å²) in [6.07, 6.45) is 0.0589. The second-order valence-electron chi connectivity index (χ2n) is 3.95. The van der Waals surface area contributed by atoms with E-state index in [-0.39, 0.29) is 13.0 Å². The van der Waals surface area contributed by atoms with Gasteiger partial charge in [-0.25, -0.2) is 0 Å². The van der Waals surface area contributed by atoms with E-state index in [0.29, 0.717) is 19.6 Å². The first-order valence-corrected chi connectivity index (χ1v) is 5.51. The van der Waals surface area contributed by atoms with Gasteiger partial charge in [0.15, 0.2) is 0 Å². The van der Waals surface area contributed by atoms with Crippen LogP contribution in [-0.4, -0.2) is 45.9 Å². The molecule has 0 amide bonds. The Kier molecular flexibility index (Phi) is 5.11. The Bertz CT molecular complexity index is 356. The lowest BCUT2D eigenvalue weighted by molar-refractivity contribution is -0.137. The molecule has 0 atom stereocenters. The van der Waals surface area contributed by atoms with Crippen molar-refractivity contribution < 1.29 is 19.5 Å². The van der Waals surface area contributed by atoms with Crippen molar-refractivity contribution in [1.29, 1.82) is 0 Å². The van der Waals surface area contributed by atoms with E-state index in [1.807, 2.05) is 18.7 Å². The van der Waals surface area contributed by atoms with Crippen LogP contribution in [0.4, 0.5) is 0 Å². The molecule has 0 aliphatic heterocycles. The predicted octanol–water partition coefficient (Wildman–Crippen LogP) is 0.560. The van der Waals surface area contributed by atoms with E-state index in [1.165, 1.54) is 0 Å². The molecule has 17 heavy (non-hydrogen) atoms. The molecular formula is C11H18N2O4. The molecule has 0 saturated heterocycles. The molecule has 1 rings (SSSR count). The number of aliphatic hydroxyl groups excluding tert-OH is 1. The molecule has 0 aliphatic rings. The van der Waals surface area contributed by atoms with Crippen molar-refractivity contribution in [3.8, 4) is 0 Å². The van der Waals surface area contributed by atoms with Crippen molar-refractivity contribution in [1.82, 2.24) is 10.1 Å². The first-order chi connectivity index (χ1) is 8.04. The smallest absolute Gasteiger partial charge is 0.304 e. The lowest BCUT2D eigenvalue weighted by Gasteiger charge is -2.20. The molecular weight excluding hydrogens is 224 g/mol. The molecule has 0 saturated carbocycles. The van der Waals surface area contributed by atoms with Gasteiger partial charge in [0.2, 0.25) is 0 Å². The van der Waals surface area contributed by atoms with E-state index in [1.54, 1.807) is 0 Å². The average molecular weight is 242 g/mol. The lowest BCUT2D eigenvalue weighted by Crippen LogP contribution is -2.29. The number of hydrogen-bond donors (Lipinski definition) is 2. The highest BCUT2D eigenvalue weighted by Gasteiger charge is 2.14. The number of aliphatic carboxylic acids is 1. The Morgan fingerprint density at radius 3 is 2.59 bits per heavy atom. The van der Waals surface area contributed by atoms with Crippen LogP contribution >= 0.6 is 0 Å². The molecule has 1 aromatic rings. The quantitative estimate of drug-likeness (QED) is 0.726. The third-order valence-corrected chi connectivity index (χ3v) is 2.62. The van der Waals surface area contributed by atoms with Crippen LogP contribution in [0.15, 0.2) is 4.52 Å². The second-order valence-corrected chi connectivity index (χ2v) is 3.95. The number of carbonyl (C=O) groups is 1. The second kappa shape index (κ2) is 6.36. The van der Waals surface area contributed by atoms with E-state index in [4.69, 9.17) is 14.7 Å². The van der Waals surface area contributed by atoms with Gasteiger partial charge in [-0.05, 0) is 13.8 Å². The van der Waals surface area contributed by atoms with Crippen molar-refractivity contribution in [2.24, 2.45) is 0 Å². The SMILES string of the molecule is Cc1noc(C)c1CN(CCO)CCC(=O)O. The Hall–Kier alpha value is -1.40. The molecule has 0 aromatic carbocycles. The number of hydrogen-bond acceptors (Lipinski definition) is 5. The summed E-state index contributed by atoms with van der Waals surface area (Å²) in [4.78, 5) is 12.4. The molecule has 1 aromatic heterocycles. The standard InChI is InChI=1S/C11H18N2O4/c1-8-10(9(2)17-12-8)7-13(5-6-14)4-3-11(15)16/h14H,3-7H2,1-2H3,(H,15,16). The molecule has 6 heteroatoms. The van der Waals surface area contributed by atoms with E-state index in [2.05, 4.69) is 5.16 Å². The van der Waals surface area contributed by atoms with Gasteiger partial charge in [0.05, 0.1) is 18.7 Å². The van der Waals surface area contributed by atoms with Gasteiger partial charge in [-0.15, -0.1) is 0 Å². The summed E-state index contributed by atoms with van der Waals surface area (Å²) in [6, 6.07) is 0.